The smallest absolute Gasteiger partial charge is 0.374 e. The van der Waals surface area contributed by atoms with Gasteiger partial charge in [-0.3, -0.25) is 0 Å². The van der Waals surface area contributed by atoms with Crippen molar-refractivity contribution in [2.45, 2.75) is 164 Å². The molecule has 0 saturated heterocycles. The van der Waals surface area contributed by atoms with Crippen LogP contribution in [0, 0.1) is 17.8 Å². The molecule has 23 heteroatoms. The highest BCUT2D eigenvalue weighted by molar-refractivity contribution is 9.36. The van der Waals surface area contributed by atoms with Crippen LogP contribution in [0.4, 0.5) is 0 Å². The Labute approximate surface area is 444 Å². The van der Waals surface area contributed by atoms with E-state index in [-0.39, 0.29) is 0 Å². The van der Waals surface area contributed by atoms with Gasteiger partial charge in [0.05, 0.1) is 0 Å². The molecule has 0 aromatic rings. The van der Waals surface area contributed by atoms with E-state index in [2.05, 4.69) is 21.6 Å². The van der Waals surface area contributed by atoms with Crippen molar-refractivity contribution >= 4 is 139 Å². The van der Waals surface area contributed by atoms with Crippen molar-refractivity contribution in [2.75, 3.05) is 88.2 Å². The Morgan fingerprint density at radius 1 is 0.354 bits per heavy atom. The Bertz CT molecular complexity index is 1000. The zero-order chi connectivity index (χ0) is 47.6. The average molecular weight is 1180 g/mol. The Balaban J connectivity index is 2.42. The molecule has 0 aromatic heterocycles. The van der Waals surface area contributed by atoms with Gasteiger partial charge in [0.1, 0.15) is 0 Å². The van der Waals surface area contributed by atoms with Crippen molar-refractivity contribution in [3.63, 3.8) is 0 Å². The normalized spacial score (nSPS) is 17.4. The third-order valence-corrected chi connectivity index (χ3v) is 39.9. The molecule has 1 aliphatic carbocycles. The minimum absolute atomic E-state index is 0.635. The molecule has 0 bridgehead atoms. The van der Waals surface area contributed by atoms with E-state index in [1.165, 1.54) is 100 Å². The lowest BCUT2D eigenvalue weighted by Crippen LogP contribution is -2.45. The zero-order valence-electron chi connectivity index (χ0n) is 41.6. The molecule has 0 aromatic carbocycles. The minimum atomic E-state index is -2.66. The summed E-state index contributed by atoms with van der Waals surface area (Å²) >= 11 is 1.84. The molecule has 0 heterocycles. The molecular weight excluding hydrogens is 1090 g/mol. The van der Waals surface area contributed by atoms with Crippen LogP contribution in [0.5, 0.6) is 0 Å². The Morgan fingerprint density at radius 3 is 1.12 bits per heavy atom. The summed E-state index contributed by atoms with van der Waals surface area (Å²) in [7, 11) is 12.2. The van der Waals surface area contributed by atoms with Gasteiger partial charge in [0.25, 0.3) is 0 Å². The van der Waals surface area contributed by atoms with E-state index in [1.54, 1.807) is 0 Å². The van der Waals surface area contributed by atoms with Gasteiger partial charge in [0.2, 0.25) is 0 Å². The fourth-order valence-electron chi connectivity index (χ4n) is 7.90. The van der Waals surface area contributed by atoms with Gasteiger partial charge in [-0.2, -0.15) is 0 Å². The van der Waals surface area contributed by atoms with Gasteiger partial charge in [-0.1, -0.05) is 86.5 Å². The maximum absolute atomic E-state index is 6.15. The topological polar surface area (TPSA) is 83.1 Å². The summed E-state index contributed by atoms with van der Waals surface area (Å²) in [5.74, 6) is 8.38. The van der Waals surface area contributed by atoms with Crippen LogP contribution in [0.15, 0.2) is 0 Å². The first-order valence-corrected chi connectivity index (χ1v) is 45.0. The molecule has 390 valence electrons. The molecular formula is C42H90O9S11Si3. The minimum Gasteiger partial charge on any atom is -0.374 e. The highest BCUT2D eigenvalue weighted by Gasteiger charge is 2.43. The summed E-state index contributed by atoms with van der Waals surface area (Å²) in [6.45, 7) is 24.2. The van der Waals surface area contributed by atoms with Gasteiger partial charge in [-0.05, 0) is 203 Å². The summed E-state index contributed by atoms with van der Waals surface area (Å²) in [4.78, 5) is 0. The molecule has 0 amide bonds. The fourth-order valence-corrected chi connectivity index (χ4v) is 36.5. The molecule has 9 nitrogen and oxygen atoms in total. The SMILES string of the molecule is CCO[Si](CCCCCCSSSSSCCC1CCC(CCS[Si](OCC)(OCC)OCC)CC1CCSSSSSCCCCCC[Si](OCC)(OCC)OCC)(OCC)OCC. The second kappa shape index (κ2) is 46.7. The molecule has 1 saturated carbocycles. The quantitative estimate of drug-likeness (QED) is 0.0329. The van der Waals surface area contributed by atoms with E-state index in [4.69, 9.17) is 39.8 Å². The number of unbranched alkanes of at least 4 members (excludes halogenated alkanes) is 6. The first-order valence-electron chi connectivity index (χ1n) is 24.7. The maximum Gasteiger partial charge on any atom is 0.573 e. The number of hydrogen-bond donors (Lipinski definition) is 0. The lowest BCUT2D eigenvalue weighted by molar-refractivity contribution is 0.0698. The van der Waals surface area contributed by atoms with Crippen LogP contribution >= 0.6 is 113 Å². The van der Waals surface area contributed by atoms with E-state index >= 15 is 0 Å². The van der Waals surface area contributed by atoms with Crippen LogP contribution < -0.4 is 0 Å². The Kier molecular flexibility index (Phi) is 48.2. The van der Waals surface area contributed by atoms with Gasteiger partial charge < -0.3 is 39.8 Å². The lowest BCUT2D eigenvalue weighted by Gasteiger charge is -2.37. The molecule has 3 unspecified atom stereocenters. The Morgan fingerprint density at radius 2 is 0.723 bits per heavy atom. The van der Waals surface area contributed by atoms with Gasteiger partial charge in [-0.25, -0.2) is 0 Å². The second-order valence-electron chi connectivity index (χ2n) is 15.2. The maximum atomic E-state index is 6.15. The predicted octanol–water partition coefficient (Wildman–Crippen LogP) is 17.3. The van der Waals surface area contributed by atoms with E-state index < -0.39 is 25.6 Å². The first-order chi connectivity index (χ1) is 31.8. The van der Waals surface area contributed by atoms with Crippen molar-refractivity contribution in [1.29, 1.82) is 0 Å². The fraction of sp³-hybridized carbons (Fsp3) is 1.00. The van der Waals surface area contributed by atoms with Crippen molar-refractivity contribution in [2.24, 2.45) is 17.8 Å². The molecule has 1 rings (SSSR count). The molecule has 1 fully saturated rings. The van der Waals surface area contributed by atoms with Crippen LogP contribution in [-0.2, 0) is 39.8 Å². The van der Waals surface area contributed by atoms with Gasteiger partial charge in [0, 0.05) is 94.6 Å². The summed E-state index contributed by atoms with van der Waals surface area (Å²) in [6, 6.07) is 1.86. The van der Waals surface area contributed by atoms with Crippen molar-refractivity contribution in [3.05, 3.63) is 0 Å². The van der Waals surface area contributed by atoms with Crippen LogP contribution in [0.3, 0.4) is 0 Å². The van der Waals surface area contributed by atoms with E-state index in [9.17, 15) is 0 Å². The zero-order valence-corrected chi connectivity index (χ0v) is 53.6. The highest BCUT2D eigenvalue weighted by Crippen LogP contribution is 2.51. The summed E-state index contributed by atoms with van der Waals surface area (Å²) in [6.07, 6.45) is 17.7. The van der Waals surface area contributed by atoms with E-state index in [0.717, 1.165) is 48.4 Å². The average Bonchev–Trinajstić information content (AvgIpc) is 3.28. The first kappa shape index (κ1) is 67.2. The molecule has 1 aliphatic rings. The third-order valence-electron chi connectivity index (χ3n) is 10.6. The summed E-state index contributed by atoms with van der Waals surface area (Å²) < 4.78 is 54.6. The van der Waals surface area contributed by atoms with Gasteiger partial charge >= 0.3 is 25.6 Å². The van der Waals surface area contributed by atoms with E-state index in [1.807, 2.05) is 154 Å². The summed E-state index contributed by atoms with van der Waals surface area (Å²) in [5, 5.41) is 0. The van der Waals surface area contributed by atoms with Crippen molar-refractivity contribution in [3.8, 4) is 0 Å². The molecule has 3 atom stereocenters. The van der Waals surface area contributed by atoms with Crippen molar-refractivity contribution < 1.29 is 39.8 Å². The monoisotopic (exact) mass is 1170 g/mol. The van der Waals surface area contributed by atoms with Crippen LogP contribution in [-0.4, -0.2) is 114 Å². The Hall–Kier alpha value is 4.14. The van der Waals surface area contributed by atoms with Crippen LogP contribution in [0.2, 0.25) is 12.1 Å². The van der Waals surface area contributed by atoms with Gasteiger partial charge in [0.15, 0.2) is 0 Å². The molecule has 0 radical (unpaired) electrons. The van der Waals surface area contributed by atoms with Crippen LogP contribution in [0.25, 0.3) is 0 Å². The number of hydrogen-bond acceptors (Lipinski definition) is 20. The molecule has 0 spiro atoms. The standard InChI is InChI=1S/C42H90O9S11Si3/c1-10-43-63(44-11-2,45-12-3)37-25-21-19-23-32-52-57-61-59-54-34-30-41-28-27-40(29-36-56-65(49-16-7,50-17-8)51-18-9)39-42(41)31-35-55-60-62-58-53-33-24-20-22-26-38-64(46-13-4,47-14-5)48-15-6/h40-42H,10-39H2,1-9H3. The third kappa shape index (κ3) is 33.6. The van der Waals surface area contributed by atoms with Gasteiger partial charge in [-0.15, -0.1) is 0 Å². The highest BCUT2D eigenvalue weighted by atomic mass is 33.8. The van der Waals surface area contributed by atoms with Crippen molar-refractivity contribution in [1.82, 2.24) is 0 Å². The van der Waals surface area contributed by atoms with Crippen LogP contribution in [0.1, 0.15) is 152 Å². The predicted molar refractivity (Wildman–Crippen MR) is 314 cm³/mol. The largest absolute Gasteiger partial charge is 0.573 e. The lowest BCUT2D eigenvalue weighted by atomic mass is 9.71. The second-order valence-corrected chi connectivity index (χ2v) is 41.6. The number of rotatable bonds is 50. The molecule has 0 N–H and O–H groups in total. The molecule has 0 aliphatic heterocycles. The summed E-state index contributed by atoms with van der Waals surface area (Å²) in [5.41, 5.74) is 0. The van der Waals surface area contributed by atoms with E-state index in [0.29, 0.717) is 59.5 Å². The molecule has 65 heavy (non-hydrogen) atoms.